The molecule has 0 saturated heterocycles. The van der Waals surface area contributed by atoms with Crippen molar-refractivity contribution in [1.29, 1.82) is 0 Å². The van der Waals surface area contributed by atoms with Gasteiger partial charge >= 0.3 is 11.9 Å². The van der Waals surface area contributed by atoms with Gasteiger partial charge in [0.25, 0.3) is 5.91 Å². The summed E-state index contributed by atoms with van der Waals surface area (Å²) < 4.78 is 31.8. The van der Waals surface area contributed by atoms with E-state index in [1.807, 2.05) is 0 Å². The molecule has 0 heterocycles. The minimum Gasteiger partial charge on any atom is -0.465 e. The van der Waals surface area contributed by atoms with Crippen LogP contribution in [0.3, 0.4) is 0 Å². The Balaban J connectivity index is 1.89. The fourth-order valence-electron chi connectivity index (χ4n) is 2.00. The van der Waals surface area contributed by atoms with Crippen LogP contribution in [0, 0.1) is 0 Å². The Bertz CT molecular complexity index is 952. The highest BCUT2D eigenvalue weighted by atomic mass is 32.2. The number of nitrogens with two attached hydrogens (primary N) is 1. The average molecular weight is 392 g/mol. The van der Waals surface area contributed by atoms with E-state index in [0.29, 0.717) is 5.69 Å². The number of methoxy groups -OCH3 is 1. The van der Waals surface area contributed by atoms with E-state index in [9.17, 15) is 22.8 Å². The summed E-state index contributed by atoms with van der Waals surface area (Å²) in [6.07, 6.45) is 0. The first-order chi connectivity index (χ1) is 12.7. The summed E-state index contributed by atoms with van der Waals surface area (Å²) in [5, 5.41) is 7.43. The number of amides is 1. The number of rotatable bonds is 6. The first-order valence-electron chi connectivity index (χ1n) is 7.49. The minimum atomic E-state index is -3.82. The van der Waals surface area contributed by atoms with Gasteiger partial charge in [0.2, 0.25) is 10.0 Å². The van der Waals surface area contributed by atoms with Crippen LogP contribution in [0.15, 0.2) is 53.4 Å². The van der Waals surface area contributed by atoms with Gasteiger partial charge in [-0.05, 0) is 48.5 Å². The molecular weight excluding hydrogens is 376 g/mol. The van der Waals surface area contributed by atoms with Crippen LogP contribution in [0.2, 0.25) is 0 Å². The number of sulfonamides is 1. The van der Waals surface area contributed by atoms with Gasteiger partial charge in [-0.15, -0.1) is 0 Å². The number of nitrogens with one attached hydrogen (secondary N) is 1. The molecule has 0 radical (unpaired) electrons. The van der Waals surface area contributed by atoms with Crippen molar-refractivity contribution in [2.75, 3.05) is 19.0 Å². The van der Waals surface area contributed by atoms with Gasteiger partial charge in [-0.3, -0.25) is 4.79 Å². The molecule has 2 aromatic rings. The van der Waals surface area contributed by atoms with Gasteiger partial charge in [0, 0.05) is 5.69 Å². The van der Waals surface area contributed by atoms with E-state index < -0.39 is 34.5 Å². The lowest BCUT2D eigenvalue weighted by atomic mass is 10.1. The fraction of sp³-hybridized carbons (Fsp3) is 0.118. The number of esters is 2. The van der Waals surface area contributed by atoms with E-state index >= 15 is 0 Å². The Hall–Kier alpha value is -3.24. The van der Waals surface area contributed by atoms with Crippen LogP contribution >= 0.6 is 0 Å². The van der Waals surface area contributed by atoms with E-state index in [1.165, 1.54) is 55.6 Å². The number of benzene rings is 2. The molecule has 2 rings (SSSR count). The molecule has 2 aromatic carbocycles. The summed E-state index contributed by atoms with van der Waals surface area (Å²) >= 11 is 0. The van der Waals surface area contributed by atoms with Crippen LogP contribution in [-0.2, 0) is 24.3 Å². The second-order valence-corrected chi connectivity index (χ2v) is 6.82. The molecule has 1 amide bonds. The second-order valence-electron chi connectivity index (χ2n) is 5.26. The zero-order valence-electron chi connectivity index (χ0n) is 14.2. The Labute approximate surface area is 155 Å². The van der Waals surface area contributed by atoms with Crippen molar-refractivity contribution in [1.82, 2.24) is 0 Å². The van der Waals surface area contributed by atoms with Crippen molar-refractivity contribution in [3.63, 3.8) is 0 Å². The topological polar surface area (TPSA) is 142 Å². The SMILES string of the molecule is COC(=O)c1ccc(C(=O)OCC(=O)Nc2ccc(S(N)(=O)=O)cc2)cc1. The molecular formula is C17H16N2O7S. The molecule has 142 valence electrons. The summed E-state index contributed by atoms with van der Waals surface area (Å²) in [6, 6.07) is 10.7. The quantitative estimate of drug-likeness (QED) is 0.696. The molecule has 0 aliphatic carbocycles. The third-order valence-electron chi connectivity index (χ3n) is 3.34. The standard InChI is InChI=1S/C17H16N2O7S/c1-25-16(21)11-2-4-12(5-3-11)17(22)26-10-15(20)19-13-6-8-14(9-7-13)27(18,23)24/h2-9H,10H2,1H3,(H,19,20)(H2,18,23,24). The molecule has 3 N–H and O–H groups in total. The maximum atomic E-state index is 11.9. The minimum absolute atomic E-state index is 0.0951. The molecule has 0 atom stereocenters. The molecule has 0 saturated carbocycles. The summed E-state index contributed by atoms with van der Waals surface area (Å²) in [6.45, 7) is -0.547. The van der Waals surface area contributed by atoms with Gasteiger partial charge in [-0.2, -0.15) is 0 Å². The van der Waals surface area contributed by atoms with Crippen molar-refractivity contribution in [3.8, 4) is 0 Å². The van der Waals surface area contributed by atoms with Crippen molar-refractivity contribution < 1.29 is 32.3 Å². The van der Waals surface area contributed by atoms with Crippen molar-refractivity contribution in [2.24, 2.45) is 5.14 Å². The molecule has 0 fully saturated rings. The zero-order valence-corrected chi connectivity index (χ0v) is 15.0. The lowest BCUT2D eigenvalue weighted by Gasteiger charge is -2.07. The van der Waals surface area contributed by atoms with E-state index in [0.717, 1.165) is 0 Å². The average Bonchev–Trinajstić information content (AvgIpc) is 2.65. The number of hydrogen-bond donors (Lipinski definition) is 2. The monoisotopic (exact) mass is 392 g/mol. The van der Waals surface area contributed by atoms with Gasteiger partial charge in [-0.25, -0.2) is 23.1 Å². The van der Waals surface area contributed by atoms with Gasteiger partial charge in [-0.1, -0.05) is 0 Å². The fourth-order valence-corrected chi connectivity index (χ4v) is 2.52. The molecule has 0 aliphatic rings. The lowest BCUT2D eigenvalue weighted by Crippen LogP contribution is -2.21. The van der Waals surface area contributed by atoms with Crippen LogP contribution in [0.25, 0.3) is 0 Å². The summed E-state index contributed by atoms with van der Waals surface area (Å²) in [7, 11) is -2.58. The highest BCUT2D eigenvalue weighted by Crippen LogP contribution is 2.13. The number of ether oxygens (including phenoxy) is 2. The van der Waals surface area contributed by atoms with Crippen LogP contribution in [0.5, 0.6) is 0 Å². The first kappa shape index (κ1) is 20.1. The van der Waals surface area contributed by atoms with Crippen molar-refractivity contribution in [2.45, 2.75) is 4.90 Å². The molecule has 0 aliphatic heterocycles. The smallest absolute Gasteiger partial charge is 0.338 e. The number of carbonyl (C=O) groups excluding carboxylic acids is 3. The predicted octanol–water partition coefficient (Wildman–Crippen LogP) is 0.916. The number of carbonyl (C=O) groups is 3. The van der Waals surface area contributed by atoms with Crippen LogP contribution in [-0.4, -0.2) is 40.0 Å². The van der Waals surface area contributed by atoms with E-state index in [2.05, 4.69) is 10.1 Å². The third kappa shape index (κ3) is 5.62. The largest absolute Gasteiger partial charge is 0.465 e. The third-order valence-corrected chi connectivity index (χ3v) is 4.27. The van der Waals surface area contributed by atoms with Gasteiger partial charge < -0.3 is 14.8 Å². The van der Waals surface area contributed by atoms with Crippen molar-refractivity contribution in [3.05, 3.63) is 59.7 Å². The van der Waals surface area contributed by atoms with Gasteiger partial charge in [0.1, 0.15) is 0 Å². The highest BCUT2D eigenvalue weighted by Gasteiger charge is 2.13. The Morgan fingerprint density at radius 2 is 1.44 bits per heavy atom. The molecule has 0 spiro atoms. The molecule has 10 heteroatoms. The summed E-state index contributed by atoms with van der Waals surface area (Å²) in [5.74, 6) is -1.90. The number of anilines is 1. The molecule has 0 aromatic heterocycles. The molecule has 0 unspecified atom stereocenters. The lowest BCUT2D eigenvalue weighted by molar-refractivity contribution is -0.119. The van der Waals surface area contributed by atoms with E-state index in [1.54, 1.807) is 0 Å². The van der Waals surface area contributed by atoms with Gasteiger partial charge in [0.05, 0.1) is 23.1 Å². The highest BCUT2D eigenvalue weighted by molar-refractivity contribution is 7.89. The zero-order chi connectivity index (χ0) is 20.0. The number of primary sulfonamides is 1. The Morgan fingerprint density at radius 3 is 1.93 bits per heavy atom. The van der Waals surface area contributed by atoms with Gasteiger partial charge in [0.15, 0.2) is 6.61 Å². The first-order valence-corrected chi connectivity index (χ1v) is 9.03. The van der Waals surface area contributed by atoms with Crippen molar-refractivity contribution >= 4 is 33.6 Å². The molecule has 27 heavy (non-hydrogen) atoms. The van der Waals surface area contributed by atoms with Crippen LogP contribution < -0.4 is 10.5 Å². The summed E-state index contributed by atoms with van der Waals surface area (Å²) in [5.41, 5.74) is 0.744. The summed E-state index contributed by atoms with van der Waals surface area (Å²) in [4.78, 5) is 35.0. The van der Waals surface area contributed by atoms with Crippen LogP contribution in [0.1, 0.15) is 20.7 Å². The maximum Gasteiger partial charge on any atom is 0.338 e. The molecule has 9 nitrogen and oxygen atoms in total. The van der Waals surface area contributed by atoms with Crippen LogP contribution in [0.4, 0.5) is 5.69 Å². The predicted molar refractivity (Wildman–Crippen MR) is 94.5 cm³/mol. The van der Waals surface area contributed by atoms with E-state index in [4.69, 9.17) is 9.88 Å². The second kappa shape index (κ2) is 8.43. The Morgan fingerprint density at radius 1 is 0.926 bits per heavy atom. The molecule has 0 bridgehead atoms. The Kier molecular flexibility index (Phi) is 6.27. The maximum absolute atomic E-state index is 11.9. The van der Waals surface area contributed by atoms with E-state index in [-0.39, 0.29) is 16.0 Å². The number of hydrogen-bond acceptors (Lipinski definition) is 7. The normalized spacial score (nSPS) is 10.7.